The number of amides is 1. The molecule has 3 N–H and O–H groups in total. The Bertz CT molecular complexity index is 1010. The fourth-order valence-electron chi connectivity index (χ4n) is 2.99. The number of ether oxygens (including phenoxy) is 1. The molecule has 1 aliphatic rings. The van der Waals surface area contributed by atoms with Crippen molar-refractivity contribution in [2.45, 2.75) is 17.9 Å². The van der Waals surface area contributed by atoms with E-state index in [1.807, 2.05) is 6.07 Å². The van der Waals surface area contributed by atoms with E-state index in [4.69, 9.17) is 10.5 Å². The number of nitrogens with two attached hydrogens (primary N) is 1. The standard InChI is InChI=1S/C19H20N2O5S/c1-26-16-3-2-4-17(11-16)27(24,25)21-8-7-14-6-5-13(9-15(14)12-21)10-18(22)19(20)23/h2-6,9-11,22H,7-8,12H2,1H3,(H2,20,23)/b18-10-. The van der Waals surface area contributed by atoms with E-state index in [0.717, 1.165) is 11.1 Å². The van der Waals surface area contributed by atoms with Crippen molar-refractivity contribution in [1.29, 1.82) is 0 Å². The molecule has 1 aliphatic heterocycles. The Hall–Kier alpha value is -2.84. The van der Waals surface area contributed by atoms with Crippen LogP contribution >= 0.6 is 0 Å². The summed E-state index contributed by atoms with van der Waals surface area (Å²) in [5.74, 6) is -0.996. The van der Waals surface area contributed by atoms with E-state index < -0.39 is 21.7 Å². The first kappa shape index (κ1) is 18.9. The van der Waals surface area contributed by atoms with Crippen LogP contribution in [0.5, 0.6) is 5.75 Å². The quantitative estimate of drug-likeness (QED) is 0.600. The molecule has 0 aliphatic carbocycles. The molecule has 0 unspecified atom stereocenters. The van der Waals surface area contributed by atoms with Crippen LogP contribution in [-0.2, 0) is 27.8 Å². The molecule has 8 heteroatoms. The molecule has 27 heavy (non-hydrogen) atoms. The Balaban J connectivity index is 1.90. The second kappa shape index (κ2) is 7.42. The highest BCUT2D eigenvalue weighted by atomic mass is 32.2. The molecule has 0 radical (unpaired) electrons. The largest absolute Gasteiger partial charge is 0.503 e. The number of nitrogens with zero attached hydrogens (tertiary/aromatic N) is 1. The second-order valence-electron chi connectivity index (χ2n) is 6.19. The van der Waals surface area contributed by atoms with Gasteiger partial charge in [0.25, 0.3) is 5.91 Å². The van der Waals surface area contributed by atoms with Gasteiger partial charge in [-0.2, -0.15) is 4.31 Å². The lowest BCUT2D eigenvalue weighted by molar-refractivity contribution is -0.116. The summed E-state index contributed by atoms with van der Waals surface area (Å²) >= 11 is 0. The van der Waals surface area contributed by atoms with Gasteiger partial charge in [-0.1, -0.05) is 24.3 Å². The first-order chi connectivity index (χ1) is 12.8. The minimum atomic E-state index is -3.67. The van der Waals surface area contributed by atoms with Crippen LogP contribution in [0.4, 0.5) is 0 Å². The third-order valence-corrected chi connectivity index (χ3v) is 6.28. The molecule has 0 spiro atoms. The SMILES string of the molecule is COc1cccc(S(=O)(=O)N2CCc3ccc(/C=C(\O)C(N)=O)cc3C2)c1. The van der Waals surface area contributed by atoms with E-state index in [1.54, 1.807) is 24.3 Å². The predicted octanol–water partition coefficient (Wildman–Crippen LogP) is 1.83. The average Bonchev–Trinajstić information content (AvgIpc) is 2.67. The Labute approximate surface area is 157 Å². The third kappa shape index (κ3) is 3.96. The normalized spacial score (nSPS) is 15.2. The summed E-state index contributed by atoms with van der Waals surface area (Å²) in [6.07, 6.45) is 1.84. The molecule has 2 aromatic rings. The summed E-state index contributed by atoms with van der Waals surface area (Å²) in [5, 5.41) is 9.53. The summed E-state index contributed by atoms with van der Waals surface area (Å²) < 4.78 is 32.5. The Morgan fingerprint density at radius 3 is 2.70 bits per heavy atom. The molecular formula is C19H20N2O5S. The monoisotopic (exact) mass is 388 g/mol. The molecule has 3 rings (SSSR count). The number of primary amides is 1. The number of carbonyl (C=O) groups excluding carboxylic acids is 1. The lowest BCUT2D eigenvalue weighted by atomic mass is 9.98. The van der Waals surface area contributed by atoms with Crippen LogP contribution < -0.4 is 10.5 Å². The summed E-state index contributed by atoms with van der Waals surface area (Å²) in [5.41, 5.74) is 7.46. The van der Waals surface area contributed by atoms with Gasteiger partial charge in [0.15, 0.2) is 5.76 Å². The number of sulfonamides is 1. The summed E-state index contributed by atoms with van der Waals surface area (Å²) in [6, 6.07) is 11.7. The first-order valence-electron chi connectivity index (χ1n) is 8.28. The Kier molecular flexibility index (Phi) is 5.20. The predicted molar refractivity (Wildman–Crippen MR) is 101 cm³/mol. The molecule has 0 saturated heterocycles. The van der Waals surface area contributed by atoms with Crippen molar-refractivity contribution in [3.8, 4) is 5.75 Å². The van der Waals surface area contributed by atoms with Crippen molar-refractivity contribution >= 4 is 22.0 Å². The number of rotatable bonds is 5. The van der Waals surface area contributed by atoms with Gasteiger partial charge >= 0.3 is 0 Å². The van der Waals surface area contributed by atoms with Crippen LogP contribution in [-0.4, -0.2) is 37.4 Å². The minimum Gasteiger partial charge on any atom is -0.503 e. The van der Waals surface area contributed by atoms with Crippen molar-refractivity contribution in [3.05, 3.63) is 64.9 Å². The number of benzene rings is 2. The molecular weight excluding hydrogens is 368 g/mol. The van der Waals surface area contributed by atoms with Gasteiger partial charge in [-0.05, 0) is 41.3 Å². The Morgan fingerprint density at radius 1 is 1.22 bits per heavy atom. The highest BCUT2D eigenvalue weighted by Crippen LogP contribution is 2.27. The van der Waals surface area contributed by atoms with E-state index in [1.165, 1.54) is 29.6 Å². The van der Waals surface area contributed by atoms with Gasteiger partial charge in [0.05, 0.1) is 12.0 Å². The van der Waals surface area contributed by atoms with E-state index in [0.29, 0.717) is 24.3 Å². The topological polar surface area (TPSA) is 110 Å². The smallest absolute Gasteiger partial charge is 0.283 e. The molecule has 1 heterocycles. The van der Waals surface area contributed by atoms with E-state index in [-0.39, 0.29) is 11.4 Å². The van der Waals surface area contributed by atoms with Crippen LogP contribution in [0.3, 0.4) is 0 Å². The van der Waals surface area contributed by atoms with Gasteiger partial charge in [-0.3, -0.25) is 4.79 Å². The maximum atomic E-state index is 13.0. The van der Waals surface area contributed by atoms with Crippen LogP contribution in [0, 0.1) is 0 Å². The Morgan fingerprint density at radius 2 is 2.00 bits per heavy atom. The second-order valence-corrected chi connectivity index (χ2v) is 8.13. The number of hydrogen-bond donors (Lipinski definition) is 2. The maximum Gasteiger partial charge on any atom is 0.283 e. The van der Waals surface area contributed by atoms with Crippen LogP contribution in [0.2, 0.25) is 0 Å². The van der Waals surface area contributed by atoms with E-state index in [2.05, 4.69) is 0 Å². The van der Waals surface area contributed by atoms with Crippen molar-refractivity contribution in [1.82, 2.24) is 4.31 Å². The lowest BCUT2D eigenvalue weighted by Crippen LogP contribution is -2.36. The van der Waals surface area contributed by atoms with Crippen LogP contribution in [0.25, 0.3) is 6.08 Å². The van der Waals surface area contributed by atoms with Crippen molar-refractivity contribution in [2.24, 2.45) is 5.73 Å². The molecule has 0 bridgehead atoms. The average molecular weight is 388 g/mol. The fraction of sp³-hybridized carbons (Fsp3) is 0.211. The molecule has 2 aromatic carbocycles. The molecule has 142 valence electrons. The molecule has 0 aromatic heterocycles. The first-order valence-corrected chi connectivity index (χ1v) is 9.72. The fourth-order valence-corrected chi connectivity index (χ4v) is 4.44. The van der Waals surface area contributed by atoms with E-state index in [9.17, 15) is 18.3 Å². The van der Waals surface area contributed by atoms with Crippen LogP contribution in [0.1, 0.15) is 16.7 Å². The highest BCUT2D eigenvalue weighted by Gasteiger charge is 2.28. The zero-order valence-electron chi connectivity index (χ0n) is 14.8. The lowest BCUT2D eigenvalue weighted by Gasteiger charge is -2.28. The van der Waals surface area contributed by atoms with Crippen molar-refractivity contribution in [3.63, 3.8) is 0 Å². The number of fused-ring (bicyclic) bond motifs is 1. The van der Waals surface area contributed by atoms with E-state index >= 15 is 0 Å². The number of aliphatic hydroxyl groups excluding tert-OH is 1. The van der Waals surface area contributed by atoms with Gasteiger partial charge in [0, 0.05) is 19.2 Å². The summed E-state index contributed by atoms with van der Waals surface area (Å²) in [4.78, 5) is 11.2. The molecule has 7 nitrogen and oxygen atoms in total. The van der Waals surface area contributed by atoms with Gasteiger partial charge in [-0.25, -0.2) is 8.42 Å². The van der Waals surface area contributed by atoms with Crippen LogP contribution in [0.15, 0.2) is 53.1 Å². The highest BCUT2D eigenvalue weighted by molar-refractivity contribution is 7.89. The third-order valence-electron chi connectivity index (χ3n) is 4.44. The van der Waals surface area contributed by atoms with Gasteiger partial charge in [0.1, 0.15) is 5.75 Å². The molecule has 0 saturated carbocycles. The summed E-state index contributed by atoms with van der Waals surface area (Å²) in [6.45, 7) is 0.572. The maximum absolute atomic E-state index is 13.0. The summed E-state index contributed by atoms with van der Waals surface area (Å²) in [7, 11) is -2.19. The number of hydrogen-bond acceptors (Lipinski definition) is 5. The zero-order chi connectivity index (χ0) is 19.6. The minimum absolute atomic E-state index is 0.174. The zero-order valence-corrected chi connectivity index (χ0v) is 15.6. The number of carbonyl (C=O) groups is 1. The van der Waals surface area contributed by atoms with Crippen molar-refractivity contribution in [2.75, 3.05) is 13.7 Å². The molecule has 0 fully saturated rings. The number of methoxy groups -OCH3 is 1. The van der Waals surface area contributed by atoms with Gasteiger partial charge < -0.3 is 15.6 Å². The van der Waals surface area contributed by atoms with Gasteiger partial charge in [0.2, 0.25) is 10.0 Å². The number of aliphatic hydroxyl groups is 1. The van der Waals surface area contributed by atoms with Gasteiger partial charge in [-0.15, -0.1) is 0 Å². The van der Waals surface area contributed by atoms with Crippen molar-refractivity contribution < 1.29 is 23.1 Å². The molecule has 1 amide bonds. The molecule has 0 atom stereocenters.